The van der Waals surface area contributed by atoms with Gasteiger partial charge in [0.15, 0.2) is 6.34 Å². The van der Waals surface area contributed by atoms with Crippen LogP contribution in [0, 0.1) is 0 Å². The van der Waals surface area contributed by atoms with Crippen LogP contribution in [0.2, 0.25) is 0 Å². The summed E-state index contributed by atoms with van der Waals surface area (Å²) in [5.41, 5.74) is 0. The van der Waals surface area contributed by atoms with E-state index in [-0.39, 0.29) is 0 Å². The Morgan fingerprint density at radius 1 is 1.67 bits per heavy atom. The number of rotatable bonds is 0. The number of hydrogen-bond donors (Lipinski definition) is 0. The molecule has 0 radical (unpaired) electrons. The van der Waals surface area contributed by atoms with Crippen LogP contribution >= 0.6 is 0 Å². The summed E-state index contributed by atoms with van der Waals surface area (Å²) in [6.07, 6.45) is 1.16. The molecule has 1 aliphatic heterocycles. The minimum atomic E-state index is -1.40. The summed E-state index contributed by atoms with van der Waals surface area (Å²) < 4.78 is 16.3. The molecular formula is CHN3OS. The highest BCUT2D eigenvalue weighted by Crippen LogP contribution is 1.91. The summed E-state index contributed by atoms with van der Waals surface area (Å²) in [7, 11) is 0. The van der Waals surface area contributed by atoms with Gasteiger partial charge in [0.2, 0.25) is 0 Å². The Balaban J connectivity index is 2.86. The molecule has 1 rings (SSSR count). The van der Waals surface area contributed by atoms with E-state index in [0.29, 0.717) is 0 Å². The van der Waals surface area contributed by atoms with Gasteiger partial charge in [-0.25, -0.2) is 4.21 Å². The molecule has 1 atom stereocenters. The summed E-state index contributed by atoms with van der Waals surface area (Å²) >= 11 is -1.40. The fourth-order valence-electron chi connectivity index (χ4n) is 0.144. The third kappa shape index (κ3) is 0.486. The molecule has 0 aliphatic carbocycles. The first-order chi connectivity index (χ1) is 2.89. The van der Waals surface area contributed by atoms with Crippen molar-refractivity contribution in [2.45, 2.75) is 0 Å². The molecule has 0 aromatic rings. The van der Waals surface area contributed by atoms with E-state index < -0.39 is 11.2 Å². The molecule has 0 saturated carbocycles. The maximum Gasteiger partial charge on any atom is 0.286 e. The Morgan fingerprint density at radius 2 is 2.50 bits per heavy atom. The standard InChI is InChI=1S/CHN3OS/c5-6-3-1-2-4-6/h1H. The van der Waals surface area contributed by atoms with Gasteiger partial charge in [0.1, 0.15) is 0 Å². The van der Waals surface area contributed by atoms with Crippen molar-refractivity contribution in [2.75, 3.05) is 0 Å². The van der Waals surface area contributed by atoms with Crippen molar-refractivity contribution in [3.63, 3.8) is 0 Å². The maximum atomic E-state index is 9.90. The van der Waals surface area contributed by atoms with Crippen LogP contribution in [0.15, 0.2) is 14.0 Å². The quantitative estimate of drug-likeness (QED) is 0.427. The topological polar surface area (TPSA) is 54.1 Å². The summed E-state index contributed by atoms with van der Waals surface area (Å²) in [6.45, 7) is 0. The number of hydrogen-bond acceptors (Lipinski definition) is 2. The van der Waals surface area contributed by atoms with E-state index in [1.807, 2.05) is 0 Å². The van der Waals surface area contributed by atoms with Crippen molar-refractivity contribution < 1.29 is 4.21 Å². The zero-order chi connectivity index (χ0) is 4.41. The van der Waals surface area contributed by atoms with Crippen LogP contribution in [0.3, 0.4) is 0 Å². The Hall–Kier alpha value is -0.580. The lowest BCUT2D eigenvalue weighted by Crippen LogP contribution is -1.63. The molecule has 0 N–H and O–H groups in total. The average molecular weight is 103 g/mol. The Kier molecular flexibility index (Phi) is 0.754. The van der Waals surface area contributed by atoms with Crippen LogP contribution in [0.1, 0.15) is 0 Å². The fourth-order valence-corrected chi connectivity index (χ4v) is 0.432. The van der Waals surface area contributed by atoms with Gasteiger partial charge in [-0.05, 0) is 0 Å². The molecular weight excluding hydrogens is 102 g/mol. The highest BCUT2D eigenvalue weighted by molar-refractivity contribution is 7.82. The molecule has 0 aromatic carbocycles. The van der Waals surface area contributed by atoms with Crippen molar-refractivity contribution >= 4 is 17.5 Å². The Labute approximate surface area is 36.7 Å². The van der Waals surface area contributed by atoms with Gasteiger partial charge in [-0.3, -0.25) is 0 Å². The third-order valence-electron chi connectivity index (χ3n) is 0.306. The molecule has 0 amide bonds. The zero-order valence-corrected chi connectivity index (χ0v) is 3.55. The van der Waals surface area contributed by atoms with Gasteiger partial charge >= 0.3 is 0 Å². The number of nitrogens with zero attached hydrogens (tertiary/aromatic N) is 3. The SMILES string of the molecule is O=S1N=CN=N1. The zero-order valence-electron chi connectivity index (χ0n) is 2.74. The smallest absolute Gasteiger partial charge is 0.207 e. The van der Waals surface area contributed by atoms with Crippen molar-refractivity contribution in [1.82, 2.24) is 0 Å². The van der Waals surface area contributed by atoms with Gasteiger partial charge in [0.25, 0.3) is 11.2 Å². The van der Waals surface area contributed by atoms with Crippen molar-refractivity contribution in [2.24, 2.45) is 14.0 Å². The van der Waals surface area contributed by atoms with Gasteiger partial charge in [0.05, 0.1) is 0 Å². The van der Waals surface area contributed by atoms with E-state index in [1.165, 1.54) is 0 Å². The third-order valence-corrected chi connectivity index (χ3v) is 0.815. The first-order valence-corrected chi connectivity index (χ1v) is 2.31. The van der Waals surface area contributed by atoms with Crippen molar-refractivity contribution in [1.29, 1.82) is 0 Å². The van der Waals surface area contributed by atoms with Gasteiger partial charge < -0.3 is 0 Å². The first kappa shape index (κ1) is 3.60. The molecule has 0 bridgehead atoms. The summed E-state index contributed by atoms with van der Waals surface area (Å²) in [6, 6.07) is 0. The maximum absolute atomic E-state index is 9.90. The van der Waals surface area contributed by atoms with Crippen LogP contribution < -0.4 is 0 Å². The molecule has 4 nitrogen and oxygen atoms in total. The van der Waals surface area contributed by atoms with E-state index in [0.717, 1.165) is 6.34 Å². The predicted octanol–water partition coefficient (Wildman–Crippen LogP) is 0.0592. The van der Waals surface area contributed by atoms with E-state index >= 15 is 0 Å². The summed E-state index contributed by atoms with van der Waals surface area (Å²) in [5.74, 6) is 0. The predicted molar refractivity (Wildman–Crippen MR) is 21.5 cm³/mol. The minimum absolute atomic E-state index is 1.16. The lowest BCUT2D eigenvalue weighted by Gasteiger charge is -1.60. The molecule has 1 unspecified atom stereocenters. The van der Waals surface area contributed by atoms with E-state index in [1.54, 1.807) is 0 Å². The second kappa shape index (κ2) is 1.25. The highest BCUT2D eigenvalue weighted by atomic mass is 32.2. The van der Waals surface area contributed by atoms with E-state index in [2.05, 4.69) is 14.0 Å². The van der Waals surface area contributed by atoms with Crippen LogP contribution in [0.5, 0.6) is 0 Å². The lowest BCUT2D eigenvalue weighted by molar-refractivity contribution is 0.685. The molecule has 0 fully saturated rings. The molecule has 1 aliphatic rings. The molecule has 6 heavy (non-hydrogen) atoms. The first-order valence-electron chi connectivity index (χ1n) is 1.25. The Morgan fingerprint density at radius 3 is 2.67 bits per heavy atom. The average Bonchev–Trinajstić information content (AvgIpc) is 1.86. The van der Waals surface area contributed by atoms with Crippen LogP contribution in [0.4, 0.5) is 0 Å². The second-order valence-corrected chi connectivity index (χ2v) is 1.48. The van der Waals surface area contributed by atoms with Gasteiger partial charge in [-0.1, -0.05) is 4.52 Å². The van der Waals surface area contributed by atoms with Crippen LogP contribution in [-0.2, 0) is 11.2 Å². The van der Waals surface area contributed by atoms with E-state index in [9.17, 15) is 4.21 Å². The van der Waals surface area contributed by atoms with Gasteiger partial charge in [-0.15, -0.1) is 5.11 Å². The molecule has 0 spiro atoms. The normalized spacial score (nSPS) is 29.0. The van der Waals surface area contributed by atoms with Crippen LogP contribution in [0.25, 0.3) is 0 Å². The minimum Gasteiger partial charge on any atom is -0.207 e. The molecule has 0 aromatic heterocycles. The molecule has 0 saturated heterocycles. The summed E-state index contributed by atoms with van der Waals surface area (Å²) in [4.78, 5) is 0. The van der Waals surface area contributed by atoms with E-state index in [4.69, 9.17) is 0 Å². The monoisotopic (exact) mass is 103 g/mol. The fraction of sp³-hybridized carbons (Fsp3) is 0. The molecule has 1 heterocycles. The second-order valence-electron chi connectivity index (χ2n) is 0.649. The van der Waals surface area contributed by atoms with Crippen LogP contribution in [-0.4, -0.2) is 10.5 Å². The van der Waals surface area contributed by atoms with Crippen molar-refractivity contribution in [3.05, 3.63) is 0 Å². The summed E-state index contributed by atoms with van der Waals surface area (Å²) in [5, 5.41) is 3.20. The van der Waals surface area contributed by atoms with Crippen molar-refractivity contribution in [3.8, 4) is 0 Å². The molecule has 5 heteroatoms. The van der Waals surface area contributed by atoms with Gasteiger partial charge in [-0.2, -0.15) is 4.40 Å². The highest BCUT2D eigenvalue weighted by Gasteiger charge is 1.91. The lowest BCUT2D eigenvalue weighted by atomic mass is 11.4. The molecule has 32 valence electrons. The largest absolute Gasteiger partial charge is 0.286 e. The van der Waals surface area contributed by atoms with Gasteiger partial charge in [0, 0.05) is 0 Å². The Bertz CT molecular complexity index is 113.